The van der Waals surface area contributed by atoms with Crippen molar-refractivity contribution in [1.29, 1.82) is 0 Å². The van der Waals surface area contributed by atoms with Gasteiger partial charge in [0.15, 0.2) is 11.5 Å². The predicted octanol–water partition coefficient (Wildman–Crippen LogP) is 1.88. The zero-order valence-corrected chi connectivity index (χ0v) is 12.9. The SMILES string of the molecule is O=C(c1ccco1)N1CCN(Cc2nnc(-c3ccco3)o2)CC1. The highest BCUT2D eigenvalue weighted by molar-refractivity contribution is 5.91. The van der Waals surface area contributed by atoms with Crippen molar-refractivity contribution in [2.24, 2.45) is 0 Å². The molecule has 0 saturated carbocycles. The van der Waals surface area contributed by atoms with Crippen molar-refractivity contribution >= 4 is 5.91 Å². The zero-order chi connectivity index (χ0) is 16.4. The Morgan fingerprint density at radius 2 is 1.83 bits per heavy atom. The van der Waals surface area contributed by atoms with E-state index in [4.69, 9.17) is 13.3 Å². The van der Waals surface area contributed by atoms with E-state index in [-0.39, 0.29) is 5.91 Å². The molecule has 8 nitrogen and oxygen atoms in total. The lowest BCUT2D eigenvalue weighted by Gasteiger charge is -2.33. The highest BCUT2D eigenvalue weighted by atomic mass is 16.4. The van der Waals surface area contributed by atoms with Crippen molar-refractivity contribution in [1.82, 2.24) is 20.0 Å². The Kier molecular flexibility index (Phi) is 3.87. The lowest BCUT2D eigenvalue weighted by molar-refractivity contribution is 0.0588. The molecule has 0 bridgehead atoms. The Labute approximate surface area is 137 Å². The molecule has 3 aromatic heterocycles. The molecule has 1 aliphatic rings. The van der Waals surface area contributed by atoms with E-state index in [0.717, 1.165) is 13.1 Å². The topological polar surface area (TPSA) is 88.8 Å². The van der Waals surface area contributed by atoms with Crippen molar-refractivity contribution in [3.05, 3.63) is 48.4 Å². The van der Waals surface area contributed by atoms with E-state index in [1.54, 1.807) is 35.4 Å². The van der Waals surface area contributed by atoms with Gasteiger partial charge in [-0.15, -0.1) is 10.2 Å². The molecule has 1 aliphatic heterocycles. The highest BCUT2D eigenvalue weighted by Gasteiger charge is 2.24. The number of carbonyl (C=O) groups excluding carboxylic acids is 1. The smallest absolute Gasteiger partial charge is 0.289 e. The molecule has 1 amide bonds. The molecule has 4 rings (SSSR count). The number of piperazine rings is 1. The molecule has 0 spiro atoms. The van der Waals surface area contributed by atoms with Gasteiger partial charge >= 0.3 is 0 Å². The molecule has 0 unspecified atom stereocenters. The van der Waals surface area contributed by atoms with Gasteiger partial charge < -0.3 is 18.2 Å². The number of rotatable bonds is 4. The molecular weight excluding hydrogens is 312 g/mol. The van der Waals surface area contributed by atoms with Crippen LogP contribution in [0, 0.1) is 0 Å². The first kappa shape index (κ1) is 14.7. The molecule has 0 aromatic carbocycles. The van der Waals surface area contributed by atoms with Crippen LogP contribution >= 0.6 is 0 Å². The molecule has 24 heavy (non-hydrogen) atoms. The van der Waals surface area contributed by atoms with Crippen LogP contribution in [0.15, 0.2) is 50.0 Å². The van der Waals surface area contributed by atoms with Gasteiger partial charge in [0.2, 0.25) is 5.89 Å². The Morgan fingerprint density at radius 3 is 2.54 bits per heavy atom. The summed E-state index contributed by atoms with van der Waals surface area (Å²) in [5.41, 5.74) is 0. The van der Waals surface area contributed by atoms with Crippen molar-refractivity contribution in [2.75, 3.05) is 26.2 Å². The number of furan rings is 2. The fourth-order valence-corrected chi connectivity index (χ4v) is 2.67. The zero-order valence-electron chi connectivity index (χ0n) is 12.9. The first-order valence-corrected chi connectivity index (χ1v) is 7.71. The van der Waals surface area contributed by atoms with Crippen molar-refractivity contribution in [2.45, 2.75) is 6.54 Å². The fourth-order valence-electron chi connectivity index (χ4n) is 2.67. The third-order valence-corrected chi connectivity index (χ3v) is 3.95. The minimum atomic E-state index is -0.0717. The van der Waals surface area contributed by atoms with E-state index in [9.17, 15) is 4.79 Å². The van der Waals surface area contributed by atoms with E-state index >= 15 is 0 Å². The van der Waals surface area contributed by atoms with E-state index in [1.807, 2.05) is 0 Å². The molecule has 1 saturated heterocycles. The molecule has 124 valence electrons. The summed E-state index contributed by atoms with van der Waals surface area (Å²) in [5, 5.41) is 8.03. The average molecular weight is 328 g/mol. The van der Waals surface area contributed by atoms with Crippen LogP contribution in [0.2, 0.25) is 0 Å². The first-order valence-electron chi connectivity index (χ1n) is 7.71. The maximum atomic E-state index is 12.2. The number of hydrogen-bond donors (Lipinski definition) is 0. The number of hydrogen-bond acceptors (Lipinski definition) is 7. The minimum Gasteiger partial charge on any atom is -0.459 e. The largest absolute Gasteiger partial charge is 0.459 e. The van der Waals surface area contributed by atoms with Crippen molar-refractivity contribution < 1.29 is 18.0 Å². The number of carbonyl (C=O) groups is 1. The third kappa shape index (κ3) is 2.95. The van der Waals surface area contributed by atoms with Gasteiger partial charge in [-0.25, -0.2) is 0 Å². The van der Waals surface area contributed by atoms with E-state index in [0.29, 0.717) is 42.9 Å². The molecule has 0 aliphatic carbocycles. The van der Waals surface area contributed by atoms with E-state index in [1.165, 1.54) is 6.26 Å². The third-order valence-electron chi connectivity index (χ3n) is 3.95. The van der Waals surface area contributed by atoms with Gasteiger partial charge in [-0.3, -0.25) is 9.69 Å². The molecule has 0 atom stereocenters. The monoisotopic (exact) mass is 328 g/mol. The van der Waals surface area contributed by atoms with Crippen molar-refractivity contribution in [3.63, 3.8) is 0 Å². The molecule has 4 heterocycles. The maximum absolute atomic E-state index is 12.2. The van der Waals surface area contributed by atoms with E-state index < -0.39 is 0 Å². The fraction of sp³-hybridized carbons (Fsp3) is 0.312. The van der Waals surface area contributed by atoms with Gasteiger partial charge in [-0.05, 0) is 24.3 Å². The first-order chi connectivity index (χ1) is 11.8. The van der Waals surface area contributed by atoms with Crippen LogP contribution in [0.5, 0.6) is 0 Å². The second kappa shape index (κ2) is 6.32. The second-order valence-electron chi connectivity index (χ2n) is 5.52. The summed E-state index contributed by atoms with van der Waals surface area (Å²) in [6, 6.07) is 6.95. The Hall–Kier alpha value is -2.87. The van der Waals surface area contributed by atoms with Gasteiger partial charge in [0.1, 0.15) is 0 Å². The number of nitrogens with zero attached hydrogens (tertiary/aromatic N) is 4. The van der Waals surface area contributed by atoms with E-state index in [2.05, 4.69) is 15.1 Å². The Balaban J connectivity index is 1.33. The molecule has 3 aromatic rings. The summed E-state index contributed by atoms with van der Waals surface area (Å²) in [6.07, 6.45) is 3.07. The van der Waals surface area contributed by atoms with Gasteiger partial charge in [0.05, 0.1) is 19.1 Å². The summed E-state index contributed by atoms with van der Waals surface area (Å²) in [7, 11) is 0. The highest BCUT2D eigenvalue weighted by Crippen LogP contribution is 2.19. The molecule has 8 heteroatoms. The molecular formula is C16H16N4O4. The Morgan fingerprint density at radius 1 is 1.04 bits per heavy atom. The number of amides is 1. The summed E-state index contributed by atoms with van der Waals surface area (Å²) < 4.78 is 16.0. The summed E-state index contributed by atoms with van der Waals surface area (Å²) in [4.78, 5) is 16.2. The van der Waals surface area contributed by atoms with Crippen LogP contribution in [0.1, 0.15) is 16.4 Å². The summed E-state index contributed by atoms with van der Waals surface area (Å²) in [6.45, 7) is 3.31. The van der Waals surface area contributed by atoms with Crippen LogP contribution in [0.25, 0.3) is 11.7 Å². The van der Waals surface area contributed by atoms with Crippen LogP contribution in [-0.4, -0.2) is 52.1 Å². The quantitative estimate of drug-likeness (QED) is 0.722. The molecule has 1 fully saturated rings. The van der Waals surface area contributed by atoms with Crippen LogP contribution in [-0.2, 0) is 6.54 Å². The van der Waals surface area contributed by atoms with Gasteiger partial charge in [0, 0.05) is 26.2 Å². The maximum Gasteiger partial charge on any atom is 0.289 e. The van der Waals surface area contributed by atoms with Crippen molar-refractivity contribution in [3.8, 4) is 11.7 Å². The summed E-state index contributed by atoms with van der Waals surface area (Å²) >= 11 is 0. The van der Waals surface area contributed by atoms with Gasteiger partial charge in [-0.2, -0.15) is 0 Å². The van der Waals surface area contributed by atoms with Gasteiger partial charge in [-0.1, -0.05) is 0 Å². The predicted molar refractivity (Wildman–Crippen MR) is 81.9 cm³/mol. The lowest BCUT2D eigenvalue weighted by Crippen LogP contribution is -2.48. The molecule has 0 N–H and O–H groups in total. The van der Waals surface area contributed by atoms with Crippen LogP contribution < -0.4 is 0 Å². The second-order valence-corrected chi connectivity index (χ2v) is 5.52. The van der Waals surface area contributed by atoms with Crippen LogP contribution in [0.3, 0.4) is 0 Å². The lowest BCUT2D eigenvalue weighted by atomic mass is 10.3. The standard InChI is InChI=1S/C16H16N4O4/c21-16(13-4-2-10-23-13)20-7-5-19(6-8-20)11-14-17-18-15(24-14)12-3-1-9-22-12/h1-4,9-10H,5-8,11H2. The normalized spacial score (nSPS) is 15.8. The molecule has 0 radical (unpaired) electrons. The minimum absolute atomic E-state index is 0.0717. The average Bonchev–Trinajstić information content (AvgIpc) is 3.36. The number of aromatic nitrogens is 2. The van der Waals surface area contributed by atoms with Gasteiger partial charge in [0.25, 0.3) is 11.8 Å². The van der Waals surface area contributed by atoms with Crippen LogP contribution in [0.4, 0.5) is 0 Å². The Bertz CT molecular complexity index is 786. The summed E-state index contributed by atoms with van der Waals surface area (Å²) in [5.74, 6) is 1.78.